The number of hydrogen-bond acceptors (Lipinski definition) is 3. The summed E-state index contributed by atoms with van der Waals surface area (Å²) >= 11 is 0. The SMILES string of the molecule is CCCCCCCCCCCCOC(=O)C([NH3+])CC(N)=O. The van der Waals surface area contributed by atoms with E-state index >= 15 is 0 Å². The highest BCUT2D eigenvalue weighted by atomic mass is 16.5. The number of carbonyl (C=O) groups excluding carboxylic acids is 2. The van der Waals surface area contributed by atoms with E-state index in [1.54, 1.807) is 0 Å². The number of esters is 1. The fourth-order valence-corrected chi connectivity index (χ4v) is 2.21. The Bertz CT molecular complexity index is 283. The van der Waals surface area contributed by atoms with Crippen molar-refractivity contribution in [3.63, 3.8) is 0 Å². The highest BCUT2D eigenvalue weighted by Crippen LogP contribution is 2.10. The van der Waals surface area contributed by atoms with Gasteiger partial charge in [0.15, 0.2) is 6.04 Å². The van der Waals surface area contributed by atoms with Crippen LogP contribution >= 0.6 is 0 Å². The van der Waals surface area contributed by atoms with Crippen LogP contribution < -0.4 is 11.5 Å². The maximum Gasteiger partial charge on any atom is 0.365 e. The monoisotopic (exact) mass is 301 g/mol. The second kappa shape index (κ2) is 13.9. The summed E-state index contributed by atoms with van der Waals surface area (Å²) in [5.74, 6) is -0.949. The first-order chi connectivity index (χ1) is 10.1. The van der Waals surface area contributed by atoms with Gasteiger partial charge in [-0.05, 0) is 6.42 Å². The van der Waals surface area contributed by atoms with E-state index in [-0.39, 0.29) is 6.42 Å². The summed E-state index contributed by atoms with van der Waals surface area (Å²) in [6.45, 7) is 2.65. The summed E-state index contributed by atoms with van der Waals surface area (Å²) in [5, 5.41) is 0. The Morgan fingerprint density at radius 1 is 0.952 bits per heavy atom. The lowest BCUT2D eigenvalue weighted by atomic mass is 10.1. The molecular weight excluding hydrogens is 268 g/mol. The van der Waals surface area contributed by atoms with Gasteiger partial charge in [-0.2, -0.15) is 0 Å². The molecule has 0 aliphatic heterocycles. The number of rotatable bonds is 14. The van der Waals surface area contributed by atoms with Gasteiger partial charge in [-0.15, -0.1) is 0 Å². The van der Waals surface area contributed by atoms with Crippen molar-refractivity contribution in [3.05, 3.63) is 0 Å². The molecule has 0 saturated heterocycles. The third kappa shape index (κ3) is 13.6. The van der Waals surface area contributed by atoms with Crippen molar-refractivity contribution in [2.45, 2.75) is 83.6 Å². The van der Waals surface area contributed by atoms with Crippen molar-refractivity contribution in [2.75, 3.05) is 6.61 Å². The van der Waals surface area contributed by atoms with E-state index in [0.29, 0.717) is 6.61 Å². The van der Waals surface area contributed by atoms with Gasteiger partial charge in [0.1, 0.15) is 0 Å². The maximum atomic E-state index is 11.4. The van der Waals surface area contributed by atoms with Crippen LogP contribution in [0.5, 0.6) is 0 Å². The standard InChI is InChI=1S/C16H32N2O3/c1-2-3-4-5-6-7-8-9-10-11-12-21-16(20)14(17)13-15(18)19/h14H,2-13,17H2,1H3,(H2,18,19)/p+1. The number of quaternary nitrogens is 1. The Labute approximate surface area is 128 Å². The zero-order valence-corrected chi connectivity index (χ0v) is 13.6. The fourth-order valence-electron chi connectivity index (χ4n) is 2.21. The molecule has 0 heterocycles. The van der Waals surface area contributed by atoms with Crippen molar-refractivity contribution < 1.29 is 20.1 Å². The number of amides is 1. The molecule has 0 fully saturated rings. The summed E-state index contributed by atoms with van der Waals surface area (Å²) in [6.07, 6.45) is 12.4. The summed E-state index contributed by atoms with van der Waals surface area (Å²) in [5.41, 5.74) is 8.58. The van der Waals surface area contributed by atoms with Crippen LogP contribution in [0.3, 0.4) is 0 Å². The number of nitrogens with two attached hydrogens (primary N) is 1. The quantitative estimate of drug-likeness (QED) is 0.379. The first-order valence-electron chi connectivity index (χ1n) is 8.36. The van der Waals surface area contributed by atoms with Crippen LogP contribution in [0.1, 0.15) is 77.6 Å². The zero-order chi connectivity index (χ0) is 15.9. The zero-order valence-electron chi connectivity index (χ0n) is 13.6. The molecule has 5 nitrogen and oxygen atoms in total. The highest BCUT2D eigenvalue weighted by molar-refractivity contribution is 5.83. The first-order valence-corrected chi connectivity index (χ1v) is 8.36. The molecule has 21 heavy (non-hydrogen) atoms. The van der Waals surface area contributed by atoms with Gasteiger partial charge in [-0.1, -0.05) is 64.7 Å². The van der Waals surface area contributed by atoms with Gasteiger partial charge in [0.25, 0.3) is 0 Å². The third-order valence-electron chi connectivity index (χ3n) is 3.52. The van der Waals surface area contributed by atoms with Crippen LogP contribution in [0.2, 0.25) is 0 Å². The largest absolute Gasteiger partial charge is 0.461 e. The van der Waals surface area contributed by atoms with Crippen LogP contribution in [0, 0.1) is 0 Å². The van der Waals surface area contributed by atoms with Gasteiger partial charge in [0, 0.05) is 0 Å². The summed E-state index contributed by atoms with van der Waals surface area (Å²) in [4.78, 5) is 22.1. The lowest BCUT2D eigenvalue weighted by Gasteiger charge is -2.07. The maximum absolute atomic E-state index is 11.4. The minimum Gasteiger partial charge on any atom is -0.461 e. The molecule has 5 N–H and O–H groups in total. The minimum absolute atomic E-state index is 0.0448. The lowest BCUT2D eigenvalue weighted by molar-refractivity contribution is -0.407. The van der Waals surface area contributed by atoms with Crippen molar-refractivity contribution >= 4 is 11.9 Å². The lowest BCUT2D eigenvalue weighted by Crippen LogP contribution is -2.66. The molecule has 0 saturated carbocycles. The molecule has 1 amide bonds. The van der Waals surface area contributed by atoms with E-state index in [2.05, 4.69) is 12.7 Å². The molecule has 0 spiro atoms. The van der Waals surface area contributed by atoms with E-state index in [0.717, 1.165) is 12.8 Å². The molecule has 0 aromatic heterocycles. The minimum atomic E-state index is -0.675. The number of primary amides is 1. The van der Waals surface area contributed by atoms with Gasteiger partial charge < -0.3 is 16.2 Å². The molecule has 1 atom stereocenters. The van der Waals surface area contributed by atoms with Crippen LogP contribution in [0.15, 0.2) is 0 Å². The highest BCUT2D eigenvalue weighted by Gasteiger charge is 2.20. The summed E-state index contributed by atoms with van der Waals surface area (Å²) in [6, 6.07) is -0.675. The van der Waals surface area contributed by atoms with Crippen LogP contribution in [-0.2, 0) is 14.3 Å². The molecule has 5 heteroatoms. The topological polar surface area (TPSA) is 97.0 Å². The number of hydrogen-bond donors (Lipinski definition) is 2. The Balaban J connectivity index is 3.28. The molecule has 0 aliphatic carbocycles. The normalized spacial score (nSPS) is 12.1. The van der Waals surface area contributed by atoms with E-state index in [4.69, 9.17) is 10.5 Å². The van der Waals surface area contributed by atoms with Crippen LogP contribution in [-0.4, -0.2) is 24.5 Å². The Morgan fingerprint density at radius 2 is 1.43 bits per heavy atom. The smallest absolute Gasteiger partial charge is 0.365 e. The Morgan fingerprint density at radius 3 is 1.90 bits per heavy atom. The van der Waals surface area contributed by atoms with Crippen molar-refractivity contribution in [1.82, 2.24) is 0 Å². The summed E-state index contributed by atoms with van der Waals surface area (Å²) < 4.78 is 5.07. The molecule has 0 aromatic rings. The molecule has 0 radical (unpaired) electrons. The first kappa shape index (κ1) is 19.9. The van der Waals surface area contributed by atoms with Crippen molar-refractivity contribution in [2.24, 2.45) is 5.73 Å². The van der Waals surface area contributed by atoms with E-state index in [1.807, 2.05) is 0 Å². The summed E-state index contributed by atoms with van der Waals surface area (Å²) in [7, 11) is 0. The molecule has 1 unspecified atom stereocenters. The van der Waals surface area contributed by atoms with Gasteiger partial charge in [0.2, 0.25) is 5.91 Å². The van der Waals surface area contributed by atoms with Crippen molar-refractivity contribution in [3.8, 4) is 0 Å². The molecule has 0 rings (SSSR count). The second-order valence-corrected chi connectivity index (χ2v) is 5.72. The second-order valence-electron chi connectivity index (χ2n) is 5.72. The van der Waals surface area contributed by atoms with Gasteiger partial charge in [0.05, 0.1) is 13.0 Å². The van der Waals surface area contributed by atoms with Crippen molar-refractivity contribution in [1.29, 1.82) is 0 Å². The fraction of sp³-hybridized carbons (Fsp3) is 0.875. The molecule has 124 valence electrons. The number of unbranched alkanes of at least 4 members (excludes halogenated alkanes) is 9. The average molecular weight is 301 g/mol. The van der Waals surface area contributed by atoms with Crippen LogP contribution in [0.25, 0.3) is 0 Å². The van der Waals surface area contributed by atoms with Gasteiger partial charge in [-0.25, -0.2) is 4.79 Å². The van der Waals surface area contributed by atoms with Crippen LogP contribution in [0.4, 0.5) is 0 Å². The average Bonchev–Trinajstić information content (AvgIpc) is 2.43. The molecule has 0 bridgehead atoms. The van der Waals surface area contributed by atoms with E-state index in [9.17, 15) is 9.59 Å². The predicted octanol–water partition coefficient (Wildman–Crippen LogP) is 1.94. The Kier molecular flexibility index (Phi) is 13.1. The third-order valence-corrected chi connectivity index (χ3v) is 3.52. The number of carbonyl (C=O) groups is 2. The predicted molar refractivity (Wildman–Crippen MR) is 83.3 cm³/mol. The van der Waals surface area contributed by atoms with E-state index in [1.165, 1.54) is 51.4 Å². The Hall–Kier alpha value is -1.10. The molecule has 0 aromatic carbocycles. The number of ether oxygens (including phenoxy) is 1. The van der Waals surface area contributed by atoms with Gasteiger partial charge in [-0.3, -0.25) is 4.79 Å². The van der Waals surface area contributed by atoms with Gasteiger partial charge >= 0.3 is 5.97 Å². The molecular formula is C16H33N2O3+. The van der Waals surface area contributed by atoms with E-state index < -0.39 is 17.9 Å². The molecule has 0 aliphatic rings.